The van der Waals surface area contributed by atoms with E-state index in [0.717, 1.165) is 18.2 Å². The van der Waals surface area contributed by atoms with Crippen molar-refractivity contribution in [2.24, 2.45) is 0 Å². The molecule has 108 valence electrons. The molecule has 0 aromatic heterocycles. The number of phenolic OH excluding ortho intramolecular Hbond substituents is 2. The van der Waals surface area contributed by atoms with Crippen molar-refractivity contribution in [1.29, 1.82) is 0 Å². The van der Waals surface area contributed by atoms with Crippen LogP contribution in [0.5, 0.6) is 11.5 Å². The van der Waals surface area contributed by atoms with Crippen LogP contribution in [0.3, 0.4) is 0 Å². The number of aromatic hydroxyl groups is 2. The first-order valence-electron chi connectivity index (χ1n) is 5.10. The highest BCUT2D eigenvalue weighted by molar-refractivity contribution is 6.33. The molecule has 2 aromatic carbocycles. The molecule has 2 rings (SSSR count). The lowest BCUT2D eigenvalue weighted by Gasteiger charge is -1.99. The summed E-state index contributed by atoms with van der Waals surface area (Å²) in [7, 11) is 0. The van der Waals surface area contributed by atoms with Gasteiger partial charge >= 0.3 is 0 Å². The Morgan fingerprint density at radius 3 is 2.00 bits per heavy atom. The van der Waals surface area contributed by atoms with Crippen molar-refractivity contribution in [1.82, 2.24) is 0 Å². The molecule has 0 aliphatic carbocycles. The first kappa shape index (κ1) is 16.1. The molecule has 0 saturated carbocycles. The topological polar surface area (TPSA) is 92.5 Å². The van der Waals surface area contributed by atoms with Crippen LogP contribution >= 0.6 is 23.2 Å². The van der Waals surface area contributed by atoms with Gasteiger partial charge in [-0.2, -0.15) is 0 Å². The molecular weight excluding hydrogens is 313 g/mol. The monoisotopic (exact) mass is 322 g/mol. The number of hydrogen-bond acceptors (Lipinski definition) is 4. The van der Waals surface area contributed by atoms with E-state index in [4.69, 9.17) is 44.9 Å². The second kappa shape index (κ2) is 6.49. The third kappa shape index (κ3) is 3.79. The number of phenols is 2. The minimum atomic E-state index is -0.873. The molecule has 4 nitrogen and oxygen atoms in total. The van der Waals surface area contributed by atoms with Gasteiger partial charge in [0.15, 0.2) is 23.1 Å². The summed E-state index contributed by atoms with van der Waals surface area (Å²) >= 11 is 10.8. The predicted molar refractivity (Wildman–Crippen MR) is 75.0 cm³/mol. The lowest BCUT2D eigenvalue weighted by Crippen LogP contribution is -1.88. The van der Waals surface area contributed by atoms with Crippen molar-refractivity contribution in [3.05, 3.63) is 45.9 Å². The van der Waals surface area contributed by atoms with Gasteiger partial charge in [0.2, 0.25) is 0 Å². The summed E-state index contributed by atoms with van der Waals surface area (Å²) in [6.07, 6.45) is 0. The van der Waals surface area contributed by atoms with E-state index in [9.17, 15) is 8.78 Å². The van der Waals surface area contributed by atoms with Gasteiger partial charge in [-0.15, -0.1) is 0 Å². The SMILES string of the molecule is Nc1cc(F)c(O)cc1Cl.Nc1ccc(O)c(F)c1Cl. The van der Waals surface area contributed by atoms with E-state index in [-0.39, 0.29) is 21.4 Å². The van der Waals surface area contributed by atoms with Crippen molar-refractivity contribution >= 4 is 34.6 Å². The average Bonchev–Trinajstić information content (AvgIpc) is 2.39. The Hall–Kier alpha value is -1.92. The van der Waals surface area contributed by atoms with Gasteiger partial charge < -0.3 is 21.7 Å². The van der Waals surface area contributed by atoms with Crippen molar-refractivity contribution < 1.29 is 19.0 Å². The van der Waals surface area contributed by atoms with Crippen LogP contribution in [0.1, 0.15) is 0 Å². The van der Waals surface area contributed by atoms with E-state index >= 15 is 0 Å². The number of hydrogen-bond donors (Lipinski definition) is 4. The second-order valence-corrected chi connectivity index (χ2v) is 4.41. The van der Waals surface area contributed by atoms with Crippen LogP contribution in [0.4, 0.5) is 20.2 Å². The summed E-state index contributed by atoms with van der Waals surface area (Å²) in [5.74, 6) is -2.61. The predicted octanol–water partition coefficient (Wildman–Crippen LogP) is 3.53. The smallest absolute Gasteiger partial charge is 0.185 e. The number of rotatable bonds is 0. The van der Waals surface area contributed by atoms with Crippen LogP contribution in [0.25, 0.3) is 0 Å². The Morgan fingerprint density at radius 2 is 1.50 bits per heavy atom. The average molecular weight is 323 g/mol. The van der Waals surface area contributed by atoms with Gasteiger partial charge in [-0.3, -0.25) is 0 Å². The highest BCUT2D eigenvalue weighted by atomic mass is 35.5. The maximum absolute atomic E-state index is 12.5. The van der Waals surface area contributed by atoms with E-state index in [2.05, 4.69) is 0 Å². The lowest BCUT2D eigenvalue weighted by molar-refractivity contribution is 0.432. The Labute approximate surface area is 123 Å². The van der Waals surface area contributed by atoms with Gasteiger partial charge in [0, 0.05) is 12.1 Å². The van der Waals surface area contributed by atoms with Crippen LogP contribution in [0.2, 0.25) is 10.0 Å². The molecule has 0 aliphatic rings. The van der Waals surface area contributed by atoms with Gasteiger partial charge in [0.1, 0.15) is 5.02 Å². The highest BCUT2D eigenvalue weighted by Gasteiger charge is 2.07. The molecule has 0 bridgehead atoms. The van der Waals surface area contributed by atoms with E-state index in [0.29, 0.717) is 0 Å². The Bertz CT molecular complexity index is 562. The number of nitrogens with two attached hydrogens (primary N) is 2. The fraction of sp³-hybridized carbons (Fsp3) is 0. The molecule has 2 aromatic rings. The van der Waals surface area contributed by atoms with Gasteiger partial charge in [-0.05, 0) is 12.1 Å². The number of halogens is 4. The third-order valence-corrected chi connectivity index (χ3v) is 2.87. The van der Waals surface area contributed by atoms with Crippen LogP contribution < -0.4 is 11.5 Å². The maximum atomic E-state index is 12.5. The minimum Gasteiger partial charge on any atom is -0.505 e. The molecule has 8 heteroatoms. The molecule has 0 amide bonds. The molecule has 0 saturated heterocycles. The summed E-state index contributed by atoms with van der Waals surface area (Å²) in [6, 6.07) is 4.52. The Kier molecular flexibility index (Phi) is 5.24. The molecular formula is C12H10Cl2F2N2O2. The Balaban J connectivity index is 0.000000200. The van der Waals surface area contributed by atoms with E-state index < -0.39 is 23.1 Å². The maximum Gasteiger partial charge on any atom is 0.185 e. The minimum absolute atomic E-state index is 0.122. The molecule has 20 heavy (non-hydrogen) atoms. The second-order valence-electron chi connectivity index (χ2n) is 3.63. The van der Waals surface area contributed by atoms with E-state index in [1.54, 1.807) is 0 Å². The standard InChI is InChI=1S/2C6H5ClFNO/c7-3-1-6(10)4(8)2-5(3)9;7-5-3(9)1-2-4(10)6(5)8/h2*1-2,10H,9H2. The molecule has 0 spiro atoms. The summed E-state index contributed by atoms with van der Waals surface area (Å²) in [5, 5.41) is 17.3. The fourth-order valence-corrected chi connectivity index (χ4v) is 1.42. The first-order chi connectivity index (χ1) is 9.23. The normalized spacial score (nSPS) is 9.80. The quantitative estimate of drug-likeness (QED) is 0.441. The molecule has 0 fully saturated rings. The number of anilines is 2. The zero-order valence-electron chi connectivity index (χ0n) is 9.87. The van der Waals surface area contributed by atoms with Gasteiger partial charge in [0.05, 0.1) is 16.4 Å². The zero-order valence-corrected chi connectivity index (χ0v) is 11.4. The largest absolute Gasteiger partial charge is 0.505 e. The summed E-state index contributed by atoms with van der Waals surface area (Å²) in [5.41, 5.74) is 10.7. The van der Waals surface area contributed by atoms with Gasteiger partial charge in [-0.25, -0.2) is 8.78 Å². The number of nitrogen functional groups attached to an aromatic ring is 2. The van der Waals surface area contributed by atoms with E-state index in [1.807, 2.05) is 0 Å². The molecule has 6 N–H and O–H groups in total. The molecule has 0 unspecified atom stereocenters. The highest BCUT2D eigenvalue weighted by Crippen LogP contribution is 2.28. The van der Waals surface area contributed by atoms with Gasteiger partial charge in [0.25, 0.3) is 0 Å². The number of benzene rings is 2. The van der Waals surface area contributed by atoms with Crippen LogP contribution in [0.15, 0.2) is 24.3 Å². The van der Waals surface area contributed by atoms with Crippen molar-refractivity contribution in [3.8, 4) is 11.5 Å². The zero-order chi connectivity index (χ0) is 15.4. The van der Waals surface area contributed by atoms with Crippen LogP contribution in [0, 0.1) is 11.6 Å². The van der Waals surface area contributed by atoms with Crippen molar-refractivity contribution in [2.45, 2.75) is 0 Å². The summed E-state index contributed by atoms with van der Waals surface area (Å²) in [6.45, 7) is 0. The van der Waals surface area contributed by atoms with E-state index in [1.165, 1.54) is 6.07 Å². The first-order valence-corrected chi connectivity index (χ1v) is 5.85. The molecule has 0 atom stereocenters. The lowest BCUT2D eigenvalue weighted by atomic mass is 10.3. The third-order valence-electron chi connectivity index (χ3n) is 2.16. The summed E-state index contributed by atoms with van der Waals surface area (Å²) in [4.78, 5) is 0. The molecule has 0 heterocycles. The van der Waals surface area contributed by atoms with Crippen molar-refractivity contribution in [3.63, 3.8) is 0 Å². The Morgan fingerprint density at radius 1 is 0.900 bits per heavy atom. The van der Waals surface area contributed by atoms with Crippen LogP contribution in [-0.2, 0) is 0 Å². The molecule has 0 aliphatic heterocycles. The van der Waals surface area contributed by atoms with Gasteiger partial charge in [-0.1, -0.05) is 23.2 Å². The summed E-state index contributed by atoms with van der Waals surface area (Å²) < 4.78 is 24.9. The molecule has 0 radical (unpaired) electrons. The van der Waals surface area contributed by atoms with Crippen LogP contribution in [-0.4, -0.2) is 10.2 Å². The fourth-order valence-electron chi connectivity index (χ4n) is 1.11. The van der Waals surface area contributed by atoms with Crippen molar-refractivity contribution in [2.75, 3.05) is 11.5 Å².